The minimum atomic E-state index is 0.423. The lowest BCUT2D eigenvalue weighted by molar-refractivity contribution is 1.49. The van der Waals surface area contributed by atoms with Crippen molar-refractivity contribution in [2.24, 2.45) is 0 Å². The molecule has 0 aliphatic carbocycles. The van der Waals surface area contributed by atoms with Crippen molar-refractivity contribution in [2.75, 3.05) is 0 Å². The monoisotopic (exact) mass is 230 g/mol. The van der Waals surface area contributed by atoms with Gasteiger partial charge in [0, 0.05) is 10.6 Å². The van der Waals surface area contributed by atoms with E-state index in [-0.39, 0.29) is 0 Å². The minimum Gasteiger partial charge on any atom is -0.171 e. The first-order valence-electron chi connectivity index (χ1n) is 3.51. The van der Waals surface area contributed by atoms with Crippen molar-refractivity contribution in [2.45, 2.75) is 0 Å². The highest BCUT2D eigenvalue weighted by Crippen LogP contribution is 2.27. The van der Waals surface area contributed by atoms with Gasteiger partial charge in [0.2, 0.25) is 0 Å². The highest BCUT2D eigenvalue weighted by Gasteiger charge is 2.07. The largest absolute Gasteiger partial charge is 0.171 e. The summed E-state index contributed by atoms with van der Waals surface area (Å²) in [5.41, 5.74) is 1.58. The van der Waals surface area contributed by atoms with Gasteiger partial charge >= 0.3 is 0 Å². The van der Waals surface area contributed by atoms with Crippen LogP contribution in [0.5, 0.6) is 0 Å². The molecule has 0 unspecified atom stereocenters. The Morgan fingerprint density at radius 1 is 1.15 bits per heavy atom. The van der Waals surface area contributed by atoms with E-state index in [9.17, 15) is 0 Å². The number of aromatic nitrogens is 2. The van der Waals surface area contributed by atoms with Gasteiger partial charge in [-0.3, -0.25) is 0 Å². The molecule has 0 bridgehead atoms. The van der Waals surface area contributed by atoms with E-state index in [4.69, 9.17) is 23.2 Å². The lowest BCUT2D eigenvalue weighted by Crippen LogP contribution is -1.77. The molecule has 2 rings (SSSR count). The van der Waals surface area contributed by atoms with Crippen molar-refractivity contribution in [3.63, 3.8) is 0 Å². The summed E-state index contributed by atoms with van der Waals surface area (Å²) in [4.78, 5) is 0. The molecule has 0 atom stereocenters. The van der Waals surface area contributed by atoms with E-state index in [0.29, 0.717) is 15.9 Å². The second-order valence-electron chi connectivity index (χ2n) is 2.41. The number of hydrogen-bond acceptors (Lipinski definition) is 3. The molecule has 66 valence electrons. The van der Waals surface area contributed by atoms with Gasteiger partial charge < -0.3 is 0 Å². The van der Waals surface area contributed by atoms with Crippen LogP contribution in [0.1, 0.15) is 0 Å². The van der Waals surface area contributed by atoms with Crippen molar-refractivity contribution < 1.29 is 0 Å². The fraction of sp³-hybridized carbons (Fsp3) is 0. The molecule has 0 aliphatic rings. The van der Waals surface area contributed by atoms with Crippen LogP contribution in [0.4, 0.5) is 0 Å². The number of benzene rings is 1. The van der Waals surface area contributed by atoms with Gasteiger partial charge in [0.25, 0.3) is 0 Å². The van der Waals surface area contributed by atoms with Crippen molar-refractivity contribution in [3.8, 4) is 11.3 Å². The standard InChI is InChI=1S/C8H4Cl2N2S/c9-6-3-1-2-5(4-6)7-8(10)12-13-11-7/h1-4H. The van der Waals surface area contributed by atoms with E-state index in [0.717, 1.165) is 17.3 Å². The van der Waals surface area contributed by atoms with Gasteiger partial charge in [-0.1, -0.05) is 35.3 Å². The quantitative estimate of drug-likeness (QED) is 0.750. The van der Waals surface area contributed by atoms with Gasteiger partial charge in [-0.25, -0.2) is 0 Å². The van der Waals surface area contributed by atoms with Crippen LogP contribution in [0.3, 0.4) is 0 Å². The third kappa shape index (κ3) is 1.82. The van der Waals surface area contributed by atoms with E-state index >= 15 is 0 Å². The van der Waals surface area contributed by atoms with E-state index in [1.807, 2.05) is 18.2 Å². The molecule has 1 aromatic carbocycles. The van der Waals surface area contributed by atoms with Crippen molar-refractivity contribution in [1.82, 2.24) is 8.75 Å². The van der Waals surface area contributed by atoms with Gasteiger partial charge in [0.05, 0.1) is 11.7 Å². The third-order valence-corrected chi connectivity index (χ3v) is 2.67. The summed E-state index contributed by atoms with van der Waals surface area (Å²) in [6.07, 6.45) is 0. The molecule has 0 spiro atoms. The Kier molecular flexibility index (Phi) is 2.49. The maximum atomic E-state index is 5.83. The fourth-order valence-corrected chi connectivity index (χ4v) is 1.94. The Bertz CT molecular complexity index is 428. The summed E-state index contributed by atoms with van der Waals surface area (Å²) in [6.45, 7) is 0. The van der Waals surface area contributed by atoms with E-state index < -0.39 is 0 Å². The smallest absolute Gasteiger partial charge is 0.170 e. The molecule has 2 nitrogen and oxygen atoms in total. The average Bonchev–Trinajstić information content (AvgIpc) is 2.51. The van der Waals surface area contributed by atoms with Crippen molar-refractivity contribution in [1.29, 1.82) is 0 Å². The van der Waals surface area contributed by atoms with Crippen LogP contribution in [0.2, 0.25) is 10.2 Å². The molecule has 1 heterocycles. The van der Waals surface area contributed by atoms with Crippen LogP contribution in [-0.4, -0.2) is 8.75 Å². The van der Waals surface area contributed by atoms with Crippen molar-refractivity contribution >= 4 is 34.9 Å². The summed E-state index contributed by atoms with van der Waals surface area (Å²) in [5.74, 6) is 0. The predicted molar refractivity (Wildman–Crippen MR) is 55.4 cm³/mol. The van der Waals surface area contributed by atoms with Crippen molar-refractivity contribution in [3.05, 3.63) is 34.4 Å². The van der Waals surface area contributed by atoms with Gasteiger partial charge in [0.1, 0.15) is 5.69 Å². The molecule has 0 N–H and O–H groups in total. The summed E-state index contributed by atoms with van der Waals surface area (Å²) in [7, 11) is 0. The summed E-state index contributed by atoms with van der Waals surface area (Å²) in [6, 6.07) is 7.37. The molecule has 0 saturated heterocycles. The summed E-state index contributed by atoms with van der Waals surface area (Å²) < 4.78 is 7.94. The second-order valence-corrected chi connectivity index (χ2v) is 3.74. The summed E-state index contributed by atoms with van der Waals surface area (Å²) >= 11 is 12.7. The molecule has 0 aliphatic heterocycles. The molecule has 0 amide bonds. The number of halogens is 2. The van der Waals surface area contributed by atoms with Crippen LogP contribution in [-0.2, 0) is 0 Å². The normalized spacial score (nSPS) is 10.3. The Balaban J connectivity index is 2.53. The van der Waals surface area contributed by atoms with Crippen LogP contribution in [0.15, 0.2) is 24.3 Å². The molecule has 0 saturated carbocycles. The first-order valence-corrected chi connectivity index (χ1v) is 5.00. The van der Waals surface area contributed by atoms with Gasteiger partial charge in [0.15, 0.2) is 5.15 Å². The van der Waals surface area contributed by atoms with Gasteiger partial charge in [-0.05, 0) is 12.1 Å². The zero-order valence-electron chi connectivity index (χ0n) is 6.37. The summed E-state index contributed by atoms with van der Waals surface area (Å²) in [5, 5.41) is 1.09. The molecule has 1 aromatic heterocycles. The average molecular weight is 231 g/mol. The Morgan fingerprint density at radius 3 is 2.62 bits per heavy atom. The van der Waals surface area contributed by atoms with E-state index in [1.165, 1.54) is 0 Å². The SMILES string of the molecule is Clc1cccc(-c2nsnc2Cl)c1. The van der Waals surface area contributed by atoms with Gasteiger partial charge in [-0.15, -0.1) is 0 Å². The maximum absolute atomic E-state index is 5.83. The lowest BCUT2D eigenvalue weighted by Gasteiger charge is -1.96. The molecular weight excluding hydrogens is 227 g/mol. The highest BCUT2D eigenvalue weighted by atomic mass is 35.5. The minimum absolute atomic E-state index is 0.423. The third-order valence-electron chi connectivity index (χ3n) is 1.55. The zero-order valence-corrected chi connectivity index (χ0v) is 8.70. The second kappa shape index (κ2) is 3.62. The van der Waals surface area contributed by atoms with Crippen LogP contribution >= 0.6 is 34.9 Å². The zero-order chi connectivity index (χ0) is 9.26. The highest BCUT2D eigenvalue weighted by molar-refractivity contribution is 6.99. The topological polar surface area (TPSA) is 25.8 Å². The first kappa shape index (κ1) is 8.94. The van der Waals surface area contributed by atoms with Crippen LogP contribution in [0.25, 0.3) is 11.3 Å². The van der Waals surface area contributed by atoms with E-state index in [1.54, 1.807) is 6.07 Å². The molecular formula is C8H4Cl2N2S. The Labute approximate surface area is 89.5 Å². The predicted octanol–water partition coefficient (Wildman–Crippen LogP) is 3.51. The fourth-order valence-electron chi connectivity index (χ4n) is 0.986. The van der Waals surface area contributed by atoms with Crippen LogP contribution < -0.4 is 0 Å². The molecule has 2 aromatic rings. The Hall–Kier alpha value is -0.640. The molecule has 0 radical (unpaired) electrons. The van der Waals surface area contributed by atoms with E-state index in [2.05, 4.69) is 8.75 Å². The molecule has 0 fully saturated rings. The first-order chi connectivity index (χ1) is 6.27. The number of nitrogens with zero attached hydrogens (tertiary/aromatic N) is 2. The number of hydrogen-bond donors (Lipinski definition) is 0. The molecule has 13 heavy (non-hydrogen) atoms. The lowest BCUT2D eigenvalue weighted by atomic mass is 10.2. The molecule has 5 heteroatoms. The van der Waals surface area contributed by atoms with Gasteiger partial charge in [-0.2, -0.15) is 8.75 Å². The Morgan fingerprint density at radius 2 is 2.00 bits per heavy atom. The maximum Gasteiger partial charge on any atom is 0.170 e. The van der Waals surface area contributed by atoms with Crippen LogP contribution in [0, 0.1) is 0 Å². The number of rotatable bonds is 1.